The van der Waals surface area contributed by atoms with E-state index in [0.717, 1.165) is 17.5 Å². The lowest BCUT2D eigenvalue weighted by Gasteiger charge is -2.27. The third-order valence-corrected chi connectivity index (χ3v) is 3.90. The van der Waals surface area contributed by atoms with Crippen molar-refractivity contribution in [2.24, 2.45) is 0 Å². The molecule has 0 unspecified atom stereocenters. The van der Waals surface area contributed by atoms with Crippen LogP contribution in [0.1, 0.15) is 11.4 Å². The van der Waals surface area contributed by atoms with E-state index in [2.05, 4.69) is 9.72 Å². The average Bonchev–Trinajstić information content (AvgIpc) is 2.87. The molecule has 0 saturated heterocycles. The van der Waals surface area contributed by atoms with Crippen molar-refractivity contribution < 1.29 is 19.1 Å². The molecule has 0 atom stereocenters. The van der Waals surface area contributed by atoms with Crippen molar-refractivity contribution >= 4 is 29.8 Å². The van der Waals surface area contributed by atoms with Gasteiger partial charge in [-0.2, -0.15) is 0 Å². The fourth-order valence-electron chi connectivity index (χ4n) is 2.27. The van der Waals surface area contributed by atoms with Gasteiger partial charge in [-0.05, 0) is 38.2 Å². The van der Waals surface area contributed by atoms with Gasteiger partial charge in [0.05, 0.1) is 31.7 Å². The Labute approximate surface area is 150 Å². The number of benzene rings is 1. The Morgan fingerprint density at radius 2 is 1.80 bits per heavy atom. The average molecular weight is 361 g/mol. The zero-order valence-electron chi connectivity index (χ0n) is 14.4. The van der Waals surface area contributed by atoms with E-state index in [1.165, 1.54) is 19.2 Å². The summed E-state index contributed by atoms with van der Waals surface area (Å²) in [6.07, 6.45) is 1.07. The quantitative estimate of drug-likeness (QED) is 0.501. The zero-order valence-corrected chi connectivity index (χ0v) is 15.2. The molecule has 0 saturated carbocycles. The minimum atomic E-state index is -0.700. The van der Waals surface area contributed by atoms with Crippen molar-refractivity contribution in [1.82, 2.24) is 9.66 Å². The molecular weight excluding hydrogens is 342 g/mol. The van der Waals surface area contributed by atoms with Gasteiger partial charge in [-0.3, -0.25) is 0 Å². The van der Waals surface area contributed by atoms with Gasteiger partial charge in [0.1, 0.15) is 0 Å². The highest BCUT2D eigenvalue weighted by molar-refractivity contribution is 7.71. The number of esters is 2. The van der Waals surface area contributed by atoms with Crippen LogP contribution in [-0.2, 0) is 19.1 Å². The van der Waals surface area contributed by atoms with E-state index in [4.69, 9.17) is 17.0 Å². The lowest BCUT2D eigenvalue weighted by atomic mass is 10.2. The largest absolute Gasteiger partial charge is 0.466 e. The molecule has 0 radical (unpaired) electrons. The van der Waals surface area contributed by atoms with Gasteiger partial charge < -0.3 is 14.5 Å². The van der Waals surface area contributed by atoms with E-state index < -0.39 is 11.9 Å². The maximum atomic E-state index is 12.4. The molecular formula is C17H19N3O4S. The third-order valence-electron chi connectivity index (χ3n) is 3.63. The number of aromatic nitrogens is 2. The van der Waals surface area contributed by atoms with Gasteiger partial charge >= 0.3 is 11.9 Å². The summed E-state index contributed by atoms with van der Waals surface area (Å²) in [7, 11) is 2.48. The highest BCUT2D eigenvalue weighted by atomic mass is 32.1. The van der Waals surface area contributed by atoms with Crippen LogP contribution in [0.3, 0.4) is 0 Å². The minimum absolute atomic E-state index is 0.0289. The first-order chi connectivity index (χ1) is 11.9. The Hall–Kier alpha value is -2.87. The highest BCUT2D eigenvalue weighted by Gasteiger charge is 2.25. The number of H-pyrrole nitrogens is 1. The van der Waals surface area contributed by atoms with Crippen LogP contribution in [0.25, 0.3) is 0 Å². The molecule has 0 aliphatic carbocycles. The van der Waals surface area contributed by atoms with Gasteiger partial charge in [0, 0.05) is 5.69 Å². The molecule has 7 nitrogen and oxygen atoms in total. The van der Waals surface area contributed by atoms with Crippen molar-refractivity contribution in [3.8, 4) is 0 Å². The van der Waals surface area contributed by atoms with Crippen LogP contribution >= 0.6 is 12.2 Å². The third kappa shape index (κ3) is 3.80. The molecule has 2 rings (SSSR count). The summed E-state index contributed by atoms with van der Waals surface area (Å²) in [6.45, 7) is 3.72. The molecule has 0 amide bonds. The molecule has 0 fully saturated rings. The standard InChI is InChI=1S/C17H19N3O4S/c1-11-12(2)19(17(25)18-11)20(13-8-6-5-7-9-13)14(16(22)24-4)10-15(21)23-3/h5-10H,1-4H3,(H,18,25)/b14-10-. The molecule has 25 heavy (non-hydrogen) atoms. The van der Waals surface area contributed by atoms with Gasteiger partial charge in [0.15, 0.2) is 10.5 Å². The molecule has 0 aliphatic rings. The number of methoxy groups -OCH3 is 2. The zero-order chi connectivity index (χ0) is 18.6. The maximum Gasteiger partial charge on any atom is 0.356 e. The second-order valence-electron chi connectivity index (χ2n) is 5.14. The van der Waals surface area contributed by atoms with Crippen LogP contribution in [0.2, 0.25) is 0 Å². The van der Waals surface area contributed by atoms with Gasteiger partial charge in [-0.15, -0.1) is 0 Å². The van der Waals surface area contributed by atoms with Crippen molar-refractivity contribution in [2.45, 2.75) is 13.8 Å². The topological polar surface area (TPSA) is 76.6 Å². The van der Waals surface area contributed by atoms with E-state index in [1.54, 1.807) is 16.8 Å². The Morgan fingerprint density at radius 3 is 2.28 bits per heavy atom. The van der Waals surface area contributed by atoms with E-state index >= 15 is 0 Å². The number of ether oxygens (including phenoxy) is 2. The summed E-state index contributed by atoms with van der Waals surface area (Å²) in [5, 5.41) is 1.52. The number of anilines is 1. The van der Waals surface area contributed by atoms with Crippen molar-refractivity contribution in [3.05, 3.63) is 58.3 Å². The number of aryl methyl sites for hydroxylation is 1. The number of para-hydroxylation sites is 1. The van der Waals surface area contributed by atoms with Crippen molar-refractivity contribution in [3.63, 3.8) is 0 Å². The van der Waals surface area contributed by atoms with E-state index in [-0.39, 0.29) is 5.70 Å². The Morgan fingerprint density at radius 1 is 1.16 bits per heavy atom. The second kappa shape index (κ2) is 7.80. The first-order valence-electron chi connectivity index (χ1n) is 7.42. The number of nitrogens with one attached hydrogen (secondary N) is 1. The van der Waals surface area contributed by atoms with Gasteiger partial charge in [0.25, 0.3) is 0 Å². The summed E-state index contributed by atoms with van der Waals surface area (Å²) >= 11 is 5.39. The predicted molar refractivity (Wildman–Crippen MR) is 95.5 cm³/mol. The van der Waals surface area contributed by atoms with Crippen molar-refractivity contribution in [1.29, 1.82) is 0 Å². The minimum Gasteiger partial charge on any atom is -0.466 e. The SMILES string of the molecule is COC(=O)/C=C(/C(=O)OC)N(c1ccccc1)n1c(C)c(C)[nH]c1=S. The van der Waals surface area contributed by atoms with Crippen LogP contribution < -0.4 is 5.01 Å². The fourth-order valence-corrected chi connectivity index (χ4v) is 2.64. The first kappa shape index (κ1) is 18.5. The molecule has 1 aromatic carbocycles. The van der Waals surface area contributed by atoms with E-state index in [9.17, 15) is 9.59 Å². The van der Waals surface area contributed by atoms with Crippen LogP contribution in [0.4, 0.5) is 5.69 Å². The normalized spacial score (nSPS) is 11.1. The molecule has 0 spiro atoms. The molecule has 1 N–H and O–H groups in total. The maximum absolute atomic E-state index is 12.4. The molecule has 8 heteroatoms. The highest BCUT2D eigenvalue weighted by Crippen LogP contribution is 2.24. The number of rotatable bonds is 5. The summed E-state index contributed by atoms with van der Waals surface area (Å²) in [5.74, 6) is -1.38. The van der Waals surface area contributed by atoms with Crippen molar-refractivity contribution in [2.75, 3.05) is 19.2 Å². The number of hydrogen-bond donors (Lipinski definition) is 1. The Balaban J connectivity index is 2.78. The molecule has 0 bridgehead atoms. The Kier molecular flexibility index (Phi) is 5.76. The molecule has 1 heterocycles. The van der Waals surface area contributed by atoms with Crippen LogP contribution in [0.5, 0.6) is 0 Å². The first-order valence-corrected chi connectivity index (χ1v) is 7.83. The van der Waals surface area contributed by atoms with Gasteiger partial charge in [-0.1, -0.05) is 18.2 Å². The molecule has 2 aromatic rings. The summed E-state index contributed by atoms with van der Waals surface area (Å²) < 4.78 is 11.5. The number of carbonyl (C=O) groups excluding carboxylic acids is 2. The molecule has 0 aliphatic heterocycles. The Bertz CT molecular complexity index is 868. The van der Waals surface area contributed by atoms with Crippen LogP contribution in [0.15, 0.2) is 42.1 Å². The van der Waals surface area contributed by atoms with Crippen LogP contribution in [-0.4, -0.2) is 35.8 Å². The molecule has 132 valence electrons. The predicted octanol–water partition coefficient (Wildman–Crippen LogP) is 2.66. The summed E-state index contributed by atoms with van der Waals surface area (Å²) in [5.41, 5.74) is 2.22. The van der Waals surface area contributed by atoms with Gasteiger partial charge in [0.2, 0.25) is 0 Å². The van der Waals surface area contributed by atoms with E-state index in [0.29, 0.717) is 10.5 Å². The number of aromatic amines is 1. The lowest BCUT2D eigenvalue weighted by molar-refractivity contribution is -0.138. The monoisotopic (exact) mass is 361 g/mol. The number of carbonyl (C=O) groups is 2. The number of hydrogen-bond acceptors (Lipinski definition) is 6. The fraction of sp³-hybridized carbons (Fsp3) is 0.235. The van der Waals surface area contributed by atoms with Gasteiger partial charge in [-0.25, -0.2) is 19.3 Å². The summed E-state index contributed by atoms with van der Waals surface area (Å²) in [4.78, 5) is 27.2. The van der Waals surface area contributed by atoms with Crippen LogP contribution in [0, 0.1) is 18.6 Å². The smallest absolute Gasteiger partial charge is 0.356 e. The number of imidazole rings is 1. The second-order valence-corrected chi connectivity index (χ2v) is 5.53. The molecule has 1 aromatic heterocycles. The lowest BCUT2D eigenvalue weighted by Crippen LogP contribution is -2.35. The van der Waals surface area contributed by atoms with E-state index in [1.807, 2.05) is 32.0 Å². The number of nitrogens with zero attached hydrogens (tertiary/aromatic N) is 2. The summed E-state index contributed by atoms with van der Waals surface area (Å²) in [6, 6.07) is 9.05.